The van der Waals surface area contributed by atoms with Crippen molar-refractivity contribution < 1.29 is 14.3 Å². The molecule has 0 unspecified atom stereocenters. The van der Waals surface area contributed by atoms with Crippen molar-refractivity contribution in [2.75, 3.05) is 13.2 Å². The second-order valence-electron chi connectivity index (χ2n) is 8.86. The van der Waals surface area contributed by atoms with Gasteiger partial charge in [0.15, 0.2) is 5.52 Å². The van der Waals surface area contributed by atoms with Gasteiger partial charge in [-0.15, -0.1) is 11.8 Å². The molecule has 0 amide bonds. The fourth-order valence-corrected chi connectivity index (χ4v) is 4.93. The number of hydrogen-bond acceptors (Lipinski definition) is 7. The zero-order valence-corrected chi connectivity index (χ0v) is 22.4. The Kier molecular flexibility index (Phi) is 8.99. The number of nitrogens with zero attached hydrogens (tertiary/aromatic N) is 4. The molecule has 0 aliphatic heterocycles. The molecule has 0 spiro atoms. The molecule has 1 aromatic carbocycles. The van der Waals surface area contributed by atoms with E-state index in [-0.39, 0.29) is 11.5 Å². The van der Waals surface area contributed by atoms with Gasteiger partial charge in [-0.2, -0.15) is 5.10 Å². The van der Waals surface area contributed by atoms with Gasteiger partial charge in [-0.25, -0.2) is 4.98 Å². The van der Waals surface area contributed by atoms with Gasteiger partial charge < -0.3 is 9.47 Å². The molecule has 0 saturated carbocycles. The van der Waals surface area contributed by atoms with Gasteiger partial charge in [0.05, 0.1) is 18.9 Å². The van der Waals surface area contributed by atoms with E-state index in [0.717, 1.165) is 40.5 Å². The van der Waals surface area contributed by atoms with Crippen LogP contribution < -0.4 is 10.3 Å². The monoisotopic (exact) mass is 500 g/mol. The number of carbonyl (C=O) groups excluding carboxylic acids is 1. The van der Waals surface area contributed by atoms with Gasteiger partial charge in [-0.3, -0.25) is 18.8 Å². The number of fused-ring (bicyclic) bond motifs is 1. The largest absolute Gasteiger partial charge is 0.494 e. The summed E-state index contributed by atoms with van der Waals surface area (Å²) in [5.41, 5.74) is 2.13. The Hall–Kier alpha value is -2.81. The maximum Gasteiger partial charge on any atom is 0.321 e. The average Bonchev–Trinajstić information content (AvgIpc) is 3.14. The van der Waals surface area contributed by atoms with E-state index >= 15 is 0 Å². The number of hydrogen-bond donors (Lipinski definition) is 0. The highest BCUT2D eigenvalue weighted by atomic mass is 32.2. The second kappa shape index (κ2) is 11.7. The number of ether oxygens (including phenoxy) is 2. The first kappa shape index (κ1) is 26.8. The van der Waals surface area contributed by atoms with Gasteiger partial charge in [-0.05, 0) is 57.9 Å². The predicted molar refractivity (Wildman–Crippen MR) is 139 cm³/mol. The van der Waals surface area contributed by atoms with Crippen molar-refractivity contribution in [2.24, 2.45) is 7.05 Å². The van der Waals surface area contributed by atoms with E-state index in [2.05, 4.69) is 12.0 Å². The summed E-state index contributed by atoms with van der Waals surface area (Å²) in [6.45, 7) is 11.0. The van der Waals surface area contributed by atoms with E-state index in [1.165, 1.54) is 11.8 Å². The van der Waals surface area contributed by atoms with E-state index in [1.54, 1.807) is 23.2 Å². The lowest BCUT2D eigenvalue weighted by Gasteiger charge is -2.21. The first-order valence-electron chi connectivity index (χ1n) is 12.3. The molecule has 8 nitrogen and oxygen atoms in total. The minimum atomic E-state index is -0.664. The Labute approximate surface area is 211 Å². The highest BCUT2D eigenvalue weighted by molar-refractivity contribution is 8.01. The highest BCUT2D eigenvalue weighted by Gasteiger charge is 2.30. The van der Waals surface area contributed by atoms with E-state index in [0.29, 0.717) is 38.1 Å². The molecule has 3 rings (SSSR count). The Morgan fingerprint density at radius 2 is 1.86 bits per heavy atom. The molecule has 0 aliphatic carbocycles. The third-order valence-corrected chi connectivity index (χ3v) is 6.84. The molecular weight excluding hydrogens is 464 g/mol. The molecular formula is C26H36N4O4S. The van der Waals surface area contributed by atoms with Gasteiger partial charge in [0, 0.05) is 24.9 Å². The van der Waals surface area contributed by atoms with Crippen LogP contribution in [-0.2, 0) is 36.0 Å². The summed E-state index contributed by atoms with van der Waals surface area (Å²) in [6.07, 6.45) is 3.11. The first-order valence-corrected chi connectivity index (χ1v) is 13.1. The van der Waals surface area contributed by atoms with E-state index in [4.69, 9.17) is 14.5 Å². The average molecular weight is 501 g/mol. The summed E-state index contributed by atoms with van der Waals surface area (Å²) in [7, 11) is 1.81. The zero-order valence-electron chi connectivity index (χ0n) is 21.6. The number of benzene rings is 1. The van der Waals surface area contributed by atoms with Gasteiger partial charge in [0.1, 0.15) is 21.8 Å². The van der Waals surface area contributed by atoms with Gasteiger partial charge in [0.25, 0.3) is 5.56 Å². The second-order valence-corrected chi connectivity index (χ2v) is 10.6. The fraction of sp³-hybridized carbons (Fsp3) is 0.538. The van der Waals surface area contributed by atoms with Crippen molar-refractivity contribution in [1.29, 1.82) is 0 Å². The summed E-state index contributed by atoms with van der Waals surface area (Å²) < 4.78 is 13.8. The number of esters is 1. The molecule has 0 bridgehead atoms. The van der Waals surface area contributed by atoms with Crippen molar-refractivity contribution in [3.8, 4) is 5.75 Å². The first-order chi connectivity index (χ1) is 16.7. The standard InChI is InChI=1S/C26H36N4O4S/c1-7-11-20-22-23(29(6)28-20)24(31)30(21(8-2)27-22)16-10-17-34-18-12-14-19(15-13-18)35-26(4,5)25(32)33-9-3/h12-15H,7-11,16-17H2,1-6H3. The van der Waals surface area contributed by atoms with Crippen LogP contribution in [0.25, 0.3) is 11.0 Å². The minimum Gasteiger partial charge on any atom is -0.494 e. The molecule has 35 heavy (non-hydrogen) atoms. The van der Waals surface area contributed by atoms with Crippen molar-refractivity contribution in [1.82, 2.24) is 19.3 Å². The molecule has 0 N–H and O–H groups in total. The van der Waals surface area contributed by atoms with E-state index < -0.39 is 4.75 Å². The van der Waals surface area contributed by atoms with Crippen LogP contribution in [0, 0.1) is 0 Å². The van der Waals surface area contributed by atoms with Crippen molar-refractivity contribution >= 4 is 28.8 Å². The predicted octanol–water partition coefficient (Wildman–Crippen LogP) is 4.55. The third-order valence-electron chi connectivity index (χ3n) is 5.65. The summed E-state index contributed by atoms with van der Waals surface area (Å²) in [4.78, 5) is 31.1. The molecule has 190 valence electrons. The molecule has 0 fully saturated rings. The summed E-state index contributed by atoms with van der Waals surface area (Å²) in [6, 6.07) is 7.67. The molecule has 0 atom stereocenters. The van der Waals surface area contributed by atoms with E-state index in [1.807, 2.05) is 45.0 Å². The molecule has 3 aromatic rings. The lowest BCUT2D eigenvalue weighted by molar-refractivity contribution is -0.145. The summed E-state index contributed by atoms with van der Waals surface area (Å²) >= 11 is 1.46. The van der Waals surface area contributed by atoms with Crippen LogP contribution in [0.2, 0.25) is 0 Å². The quantitative estimate of drug-likeness (QED) is 0.205. The molecule has 0 saturated heterocycles. The van der Waals surface area contributed by atoms with Crippen LogP contribution in [0.3, 0.4) is 0 Å². The SMILES string of the molecule is CCCc1nn(C)c2c(=O)n(CCCOc3ccc(SC(C)(C)C(=O)OCC)cc3)c(CC)nc12. The van der Waals surface area contributed by atoms with Crippen LogP contribution in [0.4, 0.5) is 0 Å². The highest BCUT2D eigenvalue weighted by Crippen LogP contribution is 2.34. The Bertz CT molecular complexity index is 1210. The number of thioether (sulfide) groups is 1. The molecule has 0 aliphatic rings. The maximum absolute atomic E-state index is 13.2. The summed E-state index contributed by atoms with van der Waals surface area (Å²) in [5.74, 6) is 1.29. The topological polar surface area (TPSA) is 88.2 Å². The zero-order chi connectivity index (χ0) is 25.6. The molecule has 0 radical (unpaired) electrons. The number of rotatable bonds is 12. The van der Waals surface area contributed by atoms with Crippen LogP contribution in [0.5, 0.6) is 5.75 Å². The maximum atomic E-state index is 13.2. The lowest BCUT2D eigenvalue weighted by Crippen LogP contribution is -2.29. The number of aromatic nitrogens is 4. The van der Waals surface area contributed by atoms with Crippen molar-refractivity contribution in [3.63, 3.8) is 0 Å². The van der Waals surface area contributed by atoms with Crippen LogP contribution in [-0.4, -0.2) is 43.3 Å². The Morgan fingerprint density at radius 3 is 2.49 bits per heavy atom. The summed E-state index contributed by atoms with van der Waals surface area (Å²) in [5, 5.41) is 4.53. The van der Waals surface area contributed by atoms with Gasteiger partial charge in [-0.1, -0.05) is 20.3 Å². The van der Waals surface area contributed by atoms with Crippen molar-refractivity contribution in [3.05, 3.63) is 46.1 Å². The number of aryl methyl sites for hydroxylation is 3. The van der Waals surface area contributed by atoms with Crippen LogP contribution in [0.15, 0.2) is 34.0 Å². The van der Waals surface area contributed by atoms with Gasteiger partial charge >= 0.3 is 5.97 Å². The molecule has 2 heterocycles. The Morgan fingerprint density at radius 1 is 1.14 bits per heavy atom. The normalized spacial score (nSPS) is 11.7. The third kappa shape index (κ3) is 6.25. The fourth-order valence-electron chi connectivity index (χ4n) is 3.92. The lowest BCUT2D eigenvalue weighted by atomic mass is 10.2. The minimum absolute atomic E-state index is 0.0465. The van der Waals surface area contributed by atoms with Crippen molar-refractivity contribution in [2.45, 2.75) is 76.5 Å². The molecule has 2 aromatic heterocycles. The van der Waals surface area contributed by atoms with Crippen LogP contribution in [0.1, 0.15) is 59.0 Å². The van der Waals surface area contributed by atoms with E-state index in [9.17, 15) is 9.59 Å². The Balaban J connectivity index is 1.62. The van der Waals surface area contributed by atoms with Gasteiger partial charge in [0.2, 0.25) is 0 Å². The van der Waals surface area contributed by atoms with Crippen LogP contribution >= 0.6 is 11.8 Å². The molecule has 9 heteroatoms. The number of carbonyl (C=O) groups is 1. The smallest absolute Gasteiger partial charge is 0.321 e.